The molecule has 0 fully saturated rings. The Labute approximate surface area is 161 Å². The molecule has 0 aliphatic rings. The number of benzene rings is 1. The summed E-state index contributed by atoms with van der Waals surface area (Å²) in [4.78, 5) is 20.8. The number of rotatable bonds is 6. The van der Waals surface area contributed by atoms with Gasteiger partial charge < -0.3 is 10.1 Å². The fourth-order valence-corrected chi connectivity index (χ4v) is 2.57. The van der Waals surface area contributed by atoms with Crippen molar-refractivity contribution in [2.24, 2.45) is 0 Å². The van der Waals surface area contributed by atoms with Crippen LogP contribution in [0.1, 0.15) is 22.8 Å². The predicted molar refractivity (Wildman–Crippen MR) is 101 cm³/mol. The molecule has 28 heavy (non-hydrogen) atoms. The van der Waals surface area contributed by atoms with Crippen molar-refractivity contribution in [3.8, 4) is 23.2 Å². The molecule has 0 spiro atoms. The quantitative estimate of drug-likeness (QED) is 0.713. The molecule has 7 heteroatoms. The molecule has 2 heterocycles. The minimum absolute atomic E-state index is 0.155. The van der Waals surface area contributed by atoms with Gasteiger partial charge in [-0.05, 0) is 37.3 Å². The maximum Gasteiger partial charge on any atom is 0.252 e. The van der Waals surface area contributed by atoms with Crippen LogP contribution in [0, 0.1) is 17.1 Å². The molecule has 0 unspecified atom stereocenters. The second-order valence-corrected chi connectivity index (χ2v) is 6.06. The molecule has 3 rings (SSSR count). The van der Waals surface area contributed by atoms with Gasteiger partial charge in [-0.3, -0.25) is 9.78 Å². The Morgan fingerprint density at radius 1 is 1.21 bits per heavy atom. The summed E-state index contributed by atoms with van der Waals surface area (Å²) in [6.07, 6.45) is 2.95. The number of carbonyl (C=O) groups excluding carboxylic acids is 1. The van der Waals surface area contributed by atoms with Crippen molar-refractivity contribution in [1.29, 1.82) is 5.26 Å². The van der Waals surface area contributed by atoms with Crippen LogP contribution >= 0.6 is 0 Å². The van der Waals surface area contributed by atoms with Crippen LogP contribution in [0.2, 0.25) is 0 Å². The molecule has 0 saturated heterocycles. The van der Waals surface area contributed by atoms with E-state index in [0.29, 0.717) is 17.1 Å². The number of pyridine rings is 2. The molecule has 3 aromatic rings. The zero-order valence-electron chi connectivity index (χ0n) is 15.1. The lowest BCUT2D eigenvalue weighted by Gasteiger charge is -2.16. The summed E-state index contributed by atoms with van der Waals surface area (Å²) in [5.41, 5.74) is 1.17. The molecule has 0 aliphatic carbocycles. The minimum atomic E-state index is -0.517. The molecule has 0 saturated carbocycles. The number of nitrogens with zero attached hydrogens (tertiary/aromatic N) is 3. The van der Waals surface area contributed by atoms with Gasteiger partial charge in [-0.2, -0.15) is 5.26 Å². The summed E-state index contributed by atoms with van der Waals surface area (Å²) in [7, 11) is 0. The van der Waals surface area contributed by atoms with Crippen molar-refractivity contribution in [2.45, 2.75) is 13.0 Å². The van der Waals surface area contributed by atoms with Crippen LogP contribution < -0.4 is 10.1 Å². The summed E-state index contributed by atoms with van der Waals surface area (Å²) in [6, 6.07) is 14.2. The van der Waals surface area contributed by atoms with E-state index in [1.165, 1.54) is 18.3 Å². The second-order valence-electron chi connectivity index (χ2n) is 6.06. The van der Waals surface area contributed by atoms with Gasteiger partial charge in [-0.25, -0.2) is 9.37 Å². The highest BCUT2D eigenvalue weighted by molar-refractivity contribution is 6.00. The van der Waals surface area contributed by atoms with Crippen LogP contribution in [-0.4, -0.2) is 28.5 Å². The smallest absolute Gasteiger partial charge is 0.252 e. The fourth-order valence-electron chi connectivity index (χ4n) is 2.57. The first kappa shape index (κ1) is 19.0. The molecule has 140 valence electrons. The molecule has 6 nitrogen and oxygen atoms in total. The Bertz CT molecular complexity index is 1000. The SMILES string of the molecule is C[C@@H](COc1ccc(C#N)cn1)NC(=O)c1cccc(F)c1-c1ccccn1. The van der Waals surface area contributed by atoms with Crippen molar-refractivity contribution in [1.82, 2.24) is 15.3 Å². The number of nitriles is 1. The Kier molecular flexibility index (Phi) is 5.92. The van der Waals surface area contributed by atoms with Gasteiger partial charge in [-0.15, -0.1) is 0 Å². The third-order valence-electron chi connectivity index (χ3n) is 3.90. The minimum Gasteiger partial charge on any atom is -0.475 e. The van der Waals surface area contributed by atoms with Gasteiger partial charge in [0.2, 0.25) is 5.88 Å². The van der Waals surface area contributed by atoms with E-state index in [1.54, 1.807) is 49.5 Å². The zero-order chi connectivity index (χ0) is 19.9. The summed E-state index contributed by atoms with van der Waals surface area (Å²) in [5.74, 6) is -0.596. The highest BCUT2D eigenvalue weighted by Crippen LogP contribution is 2.25. The van der Waals surface area contributed by atoms with E-state index in [-0.39, 0.29) is 23.8 Å². The van der Waals surface area contributed by atoms with E-state index in [4.69, 9.17) is 10.00 Å². The summed E-state index contributed by atoms with van der Waals surface area (Å²) >= 11 is 0. The number of hydrogen-bond donors (Lipinski definition) is 1. The molecule has 0 bridgehead atoms. The summed E-state index contributed by atoms with van der Waals surface area (Å²) in [6.45, 7) is 1.93. The van der Waals surface area contributed by atoms with E-state index < -0.39 is 11.7 Å². The normalized spacial score (nSPS) is 11.3. The molecular weight excluding hydrogens is 359 g/mol. The summed E-state index contributed by atoms with van der Waals surface area (Å²) < 4.78 is 19.9. The van der Waals surface area contributed by atoms with E-state index in [9.17, 15) is 9.18 Å². The van der Waals surface area contributed by atoms with E-state index in [0.717, 1.165) is 0 Å². The van der Waals surface area contributed by atoms with Gasteiger partial charge >= 0.3 is 0 Å². The number of ether oxygens (including phenoxy) is 1. The molecule has 1 atom stereocenters. The van der Waals surface area contributed by atoms with Gasteiger partial charge in [0.05, 0.1) is 22.9 Å². The summed E-state index contributed by atoms with van der Waals surface area (Å²) in [5, 5.41) is 11.6. The molecule has 1 aromatic carbocycles. The second kappa shape index (κ2) is 8.73. The first-order valence-corrected chi connectivity index (χ1v) is 8.58. The average Bonchev–Trinajstić information content (AvgIpc) is 2.73. The Morgan fingerprint density at radius 3 is 2.75 bits per heavy atom. The Balaban J connectivity index is 1.69. The van der Waals surface area contributed by atoms with Gasteiger partial charge in [0.15, 0.2) is 0 Å². The highest BCUT2D eigenvalue weighted by atomic mass is 19.1. The standard InChI is InChI=1S/C21H17FN4O2/c1-14(13-28-19-9-8-15(11-23)12-25-19)26-21(27)16-5-4-6-17(22)20(16)18-7-2-3-10-24-18/h2-10,12,14H,13H2,1H3,(H,26,27)/t14-/m0/s1. The lowest BCUT2D eigenvalue weighted by atomic mass is 10.0. The van der Waals surface area contributed by atoms with Gasteiger partial charge in [0.25, 0.3) is 5.91 Å². The van der Waals surface area contributed by atoms with Crippen molar-refractivity contribution in [2.75, 3.05) is 6.61 Å². The lowest BCUT2D eigenvalue weighted by Crippen LogP contribution is -2.37. The van der Waals surface area contributed by atoms with Gasteiger partial charge in [0.1, 0.15) is 18.5 Å². The monoisotopic (exact) mass is 376 g/mol. The van der Waals surface area contributed by atoms with E-state index in [1.807, 2.05) is 6.07 Å². The molecular formula is C21H17FN4O2. The maximum absolute atomic E-state index is 14.4. The topological polar surface area (TPSA) is 87.9 Å². The van der Waals surface area contributed by atoms with Crippen LogP contribution in [0.3, 0.4) is 0 Å². The Morgan fingerprint density at radius 2 is 2.07 bits per heavy atom. The number of aromatic nitrogens is 2. The fraction of sp³-hybridized carbons (Fsp3) is 0.143. The van der Waals surface area contributed by atoms with Gasteiger partial charge in [-0.1, -0.05) is 12.1 Å². The average molecular weight is 376 g/mol. The molecule has 1 amide bonds. The molecule has 1 N–H and O–H groups in total. The van der Waals surface area contributed by atoms with Crippen LogP contribution in [0.25, 0.3) is 11.3 Å². The van der Waals surface area contributed by atoms with Crippen LogP contribution in [0.15, 0.2) is 60.9 Å². The molecule has 0 radical (unpaired) electrons. The van der Waals surface area contributed by atoms with Crippen molar-refractivity contribution in [3.05, 3.63) is 77.9 Å². The van der Waals surface area contributed by atoms with E-state index in [2.05, 4.69) is 15.3 Å². The van der Waals surface area contributed by atoms with E-state index >= 15 is 0 Å². The first-order valence-electron chi connectivity index (χ1n) is 8.58. The third kappa shape index (κ3) is 4.48. The van der Waals surface area contributed by atoms with Crippen molar-refractivity contribution < 1.29 is 13.9 Å². The number of amides is 1. The zero-order valence-corrected chi connectivity index (χ0v) is 15.1. The van der Waals surface area contributed by atoms with Crippen LogP contribution in [0.4, 0.5) is 4.39 Å². The maximum atomic E-state index is 14.4. The Hall–Kier alpha value is -3.79. The first-order chi connectivity index (χ1) is 13.6. The number of hydrogen-bond acceptors (Lipinski definition) is 5. The van der Waals surface area contributed by atoms with Crippen molar-refractivity contribution in [3.63, 3.8) is 0 Å². The molecule has 0 aliphatic heterocycles. The number of nitrogens with one attached hydrogen (secondary N) is 1. The van der Waals surface area contributed by atoms with Crippen LogP contribution in [-0.2, 0) is 0 Å². The van der Waals surface area contributed by atoms with Crippen molar-refractivity contribution >= 4 is 5.91 Å². The number of carbonyl (C=O) groups is 1. The van der Waals surface area contributed by atoms with Gasteiger partial charge in [0, 0.05) is 24.0 Å². The van der Waals surface area contributed by atoms with Crippen LogP contribution in [0.5, 0.6) is 5.88 Å². The molecule has 2 aromatic heterocycles. The predicted octanol–water partition coefficient (Wildman–Crippen LogP) is 3.35. The third-order valence-corrected chi connectivity index (χ3v) is 3.90. The lowest BCUT2D eigenvalue weighted by molar-refractivity contribution is 0.0926. The highest BCUT2D eigenvalue weighted by Gasteiger charge is 2.19. The largest absolute Gasteiger partial charge is 0.475 e. The number of halogens is 1.